The molecule has 3 aromatic rings. The summed E-state index contributed by atoms with van der Waals surface area (Å²) in [5, 5.41) is 2.95. The minimum absolute atomic E-state index is 0.0329. The maximum atomic E-state index is 12.3. The number of carbonyl (C=O) groups excluding carboxylic acids is 1. The molecule has 1 N–H and O–H groups in total. The number of nitrogens with one attached hydrogen (secondary N) is 1. The highest BCUT2D eigenvalue weighted by Gasteiger charge is 2.10. The second-order valence-corrected chi connectivity index (χ2v) is 8.61. The highest BCUT2D eigenvalue weighted by molar-refractivity contribution is 5.78. The molecule has 2 heterocycles. The van der Waals surface area contributed by atoms with Gasteiger partial charge in [-0.15, -0.1) is 0 Å². The number of pyridine rings is 1. The van der Waals surface area contributed by atoms with Gasteiger partial charge in [-0.25, -0.2) is 0 Å². The molecule has 34 heavy (non-hydrogen) atoms. The van der Waals surface area contributed by atoms with Crippen LogP contribution in [0.3, 0.4) is 0 Å². The van der Waals surface area contributed by atoms with E-state index in [0.29, 0.717) is 13.2 Å². The van der Waals surface area contributed by atoms with Gasteiger partial charge in [0.25, 0.3) is 0 Å². The average Bonchev–Trinajstić information content (AvgIpc) is 3.13. The molecule has 0 saturated carbocycles. The standard InChI is InChI=1S/C28H33N3O3/c1-22-18-26(34-17-14-31-12-5-15-33-16-13-31)10-11-27(22)24-8-9-25(29-21-24)19-28(32)30-20-23-6-3-2-4-7-23/h2-4,6-11,18,21H,5,12-17,19-20H2,1H3,(H,30,32). The first-order valence-electron chi connectivity index (χ1n) is 12.0. The summed E-state index contributed by atoms with van der Waals surface area (Å²) in [6.45, 7) is 7.89. The van der Waals surface area contributed by atoms with Gasteiger partial charge in [-0.1, -0.05) is 42.5 Å². The van der Waals surface area contributed by atoms with Crippen LogP contribution in [0.25, 0.3) is 11.1 Å². The van der Waals surface area contributed by atoms with Crippen LogP contribution in [-0.4, -0.2) is 55.2 Å². The van der Waals surface area contributed by atoms with Gasteiger partial charge in [-0.05, 0) is 48.2 Å². The Hall–Kier alpha value is -3.22. The van der Waals surface area contributed by atoms with E-state index in [-0.39, 0.29) is 12.3 Å². The monoisotopic (exact) mass is 459 g/mol. The van der Waals surface area contributed by atoms with Gasteiger partial charge in [0.1, 0.15) is 12.4 Å². The van der Waals surface area contributed by atoms with Crippen molar-refractivity contribution in [3.8, 4) is 16.9 Å². The lowest BCUT2D eigenvalue weighted by Gasteiger charge is -2.19. The Morgan fingerprint density at radius 2 is 1.97 bits per heavy atom. The van der Waals surface area contributed by atoms with Gasteiger partial charge in [-0.2, -0.15) is 0 Å². The summed E-state index contributed by atoms with van der Waals surface area (Å²) >= 11 is 0. The van der Waals surface area contributed by atoms with Crippen LogP contribution < -0.4 is 10.1 Å². The molecule has 0 spiro atoms. The molecule has 1 aromatic heterocycles. The number of ether oxygens (including phenoxy) is 2. The number of hydrogen-bond donors (Lipinski definition) is 1. The lowest BCUT2D eigenvalue weighted by Crippen LogP contribution is -2.30. The summed E-state index contributed by atoms with van der Waals surface area (Å²) in [4.78, 5) is 19.2. The zero-order valence-electron chi connectivity index (χ0n) is 19.8. The maximum Gasteiger partial charge on any atom is 0.226 e. The Bertz CT molecular complexity index is 1050. The van der Waals surface area contributed by atoms with Gasteiger partial charge in [0.15, 0.2) is 0 Å². The van der Waals surface area contributed by atoms with Gasteiger partial charge in [0.05, 0.1) is 13.0 Å². The molecule has 0 bridgehead atoms. The van der Waals surface area contributed by atoms with Gasteiger partial charge in [-0.3, -0.25) is 14.7 Å². The van der Waals surface area contributed by atoms with Crippen molar-refractivity contribution in [2.75, 3.05) is 39.5 Å². The molecule has 1 aliphatic heterocycles. The second-order valence-electron chi connectivity index (χ2n) is 8.61. The van der Waals surface area contributed by atoms with Gasteiger partial charge in [0.2, 0.25) is 5.91 Å². The molecule has 0 atom stereocenters. The molecule has 1 amide bonds. The van der Waals surface area contributed by atoms with E-state index in [2.05, 4.69) is 34.3 Å². The van der Waals surface area contributed by atoms with E-state index in [1.165, 1.54) is 0 Å². The molecule has 6 nitrogen and oxygen atoms in total. The van der Waals surface area contributed by atoms with Gasteiger partial charge in [0, 0.05) is 50.2 Å². The first kappa shape index (κ1) is 23.9. The molecule has 0 unspecified atom stereocenters. The van der Waals surface area contributed by atoms with Crippen molar-refractivity contribution < 1.29 is 14.3 Å². The van der Waals surface area contributed by atoms with Crippen LogP contribution in [-0.2, 0) is 22.5 Å². The molecular formula is C28H33N3O3. The number of hydrogen-bond acceptors (Lipinski definition) is 5. The van der Waals surface area contributed by atoms with E-state index in [9.17, 15) is 4.79 Å². The first-order chi connectivity index (χ1) is 16.7. The smallest absolute Gasteiger partial charge is 0.226 e. The van der Waals surface area contributed by atoms with E-state index >= 15 is 0 Å². The molecule has 4 rings (SSSR count). The van der Waals surface area contributed by atoms with Crippen LogP contribution in [0, 0.1) is 6.92 Å². The van der Waals surface area contributed by atoms with E-state index in [0.717, 1.165) is 73.0 Å². The quantitative estimate of drug-likeness (QED) is 0.524. The zero-order valence-corrected chi connectivity index (χ0v) is 19.8. The molecule has 178 valence electrons. The third kappa shape index (κ3) is 7.14. The molecule has 2 aromatic carbocycles. The normalized spacial score (nSPS) is 14.4. The van der Waals surface area contributed by atoms with Crippen molar-refractivity contribution >= 4 is 5.91 Å². The Morgan fingerprint density at radius 1 is 1.09 bits per heavy atom. The van der Waals surface area contributed by atoms with Crippen LogP contribution >= 0.6 is 0 Å². The summed E-state index contributed by atoms with van der Waals surface area (Å²) in [5.74, 6) is 0.849. The fourth-order valence-electron chi connectivity index (χ4n) is 4.08. The SMILES string of the molecule is Cc1cc(OCCN2CCCOCC2)ccc1-c1ccc(CC(=O)NCc2ccccc2)nc1. The number of carbonyl (C=O) groups is 1. The Kier molecular flexibility index (Phi) is 8.65. The molecule has 6 heteroatoms. The highest BCUT2D eigenvalue weighted by Crippen LogP contribution is 2.26. The van der Waals surface area contributed by atoms with Crippen molar-refractivity contribution in [3.63, 3.8) is 0 Å². The third-order valence-electron chi connectivity index (χ3n) is 6.00. The van der Waals surface area contributed by atoms with Gasteiger partial charge < -0.3 is 14.8 Å². The van der Waals surface area contributed by atoms with Gasteiger partial charge >= 0.3 is 0 Å². The van der Waals surface area contributed by atoms with Crippen molar-refractivity contribution in [3.05, 3.63) is 83.7 Å². The highest BCUT2D eigenvalue weighted by atomic mass is 16.5. The van der Waals surface area contributed by atoms with Crippen molar-refractivity contribution in [2.24, 2.45) is 0 Å². The second kappa shape index (κ2) is 12.3. The molecule has 0 aliphatic carbocycles. The van der Waals surface area contributed by atoms with Crippen molar-refractivity contribution in [1.29, 1.82) is 0 Å². The lowest BCUT2D eigenvalue weighted by molar-refractivity contribution is -0.120. The summed E-state index contributed by atoms with van der Waals surface area (Å²) in [6.07, 6.45) is 3.19. The number of aromatic nitrogens is 1. The Balaban J connectivity index is 1.27. The fourth-order valence-corrected chi connectivity index (χ4v) is 4.08. The topological polar surface area (TPSA) is 63.7 Å². The predicted molar refractivity (Wildman–Crippen MR) is 134 cm³/mol. The number of aryl methyl sites for hydroxylation is 1. The summed E-state index contributed by atoms with van der Waals surface area (Å²) in [6, 6.07) is 20.0. The molecule has 1 saturated heterocycles. The summed E-state index contributed by atoms with van der Waals surface area (Å²) < 4.78 is 11.5. The molecule has 1 fully saturated rings. The molecule has 1 aliphatic rings. The van der Waals surface area contributed by atoms with E-state index in [4.69, 9.17) is 9.47 Å². The number of benzene rings is 2. The van der Waals surface area contributed by atoms with Crippen LogP contribution in [0.2, 0.25) is 0 Å². The van der Waals surface area contributed by atoms with Crippen molar-refractivity contribution in [1.82, 2.24) is 15.2 Å². The predicted octanol–water partition coefficient (Wildman–Crippen LogP) is 4.02. The van der Waals surface area contributed by atoms with Crippen LogP contribution in [0.5, 0.6) is 5.75 Å². The zero-order chi connectivity index (χ0) is 23.6. The van der Waals surface area contributed by atoms with E-state index in [1.807, 2.05) is 54.7 Å². The summed E-state index contributed by atoms with van der Waals surface area (Å²) in [7, 11) is 0. The number of nitrogens with zero attached hydrogens (tertiary/aromatic N) is 2. The number of amides is 1. The van der Waals surface area contributed by atoms with E-state index in [1.54, 1.807) is 0 Å². The Morgan fingerprint density at radius 3 is 2.76 bits per heavy atom. The summed E-state index contributed by atoms with van der Waals surface area (Å²) in [5.41, 5.74) is 5.12. The average molecular weight is 460 g/mol. The largest absolute Gasteiger partial charge is 0.492 e. The maximum absolute atomic E-state index is 12.3. The minimum Gasteiger partial charge on any atom is -0.492 e. The fraction of sp³-hybridized carbons (Fsp3) is 0.357. The van der Waals surface area contributed by atoms with E-state index < -0.39 is 0 Å². The van der Waals surface area contributed by atoms with Crippen LogP contribution in [0.1, 0.15) is 23.2 Å². The Labute approximate surface area is 201 Å². The first-order valence-corrected chi connectivity index (χ1v) is 12.0. The third-order valence-corrected chi connectivity index (χ3v) is 6.00. The van der Waals surface area contributed by atoms with Crippen LogP contribution in [0.4, 0.5) is 0 Å². The number of rotatable bonds is 9. The molecular weight excluding hydrogens is 426 g/mol. The van der Waals surface area contributed by atoms with Crippen molar-refractivity contribution in [2.45, 2.75) is 26.3 Å². The lowest BCUT2D eigenvalue weighted by atomic mass is 10.0. The minimum atomic E-state index is -0.0329. The molecule has 0 radical (unpaired) electrons. The van der Waals surface area contributed by atoms with Crippen LogP contribution in [0.15, 0.2) is 66.9 Å².